The second-order valence-corrected chi connectivity index (χ2v) is 4.94. The minimum absolute atomic E-state index is 0.135. The van der Waals surface area contributed by atoms with Crippen LogP contribution in [0.4, 0.5) is 4.39 Å². The lowest BCUT2D eigenvalue weighted by Crippen LogP contribution is -2.42. The highest BCUT2D eigenvalue weighted by Crippen LogP contribution is 2.20. The second kappa shape index (κ2) is 6.55. The molecule has 0 heterocycles. The molecule has 0 spiro atoms. The fourth-order valence-electron chi connectivity index (χ4n) is 2.38. The van der Waals surface area contributed by atoms with Crippen molar-refractivity contribution >= 4 is 5.91 Å². The van der Waals surface area contributed by atoms with E-state index in [2.05, 4.69) is 5.32 Å². The van der Waals surface area contributed by atoms with Gasteiger partial charge < -0.3 is 10.1 Å². The van der Waals surface area contributed by atoms with E-state index < -0.39 is 11.9 Å². The summed E-state index contributed by atoms with van der Waals surface area (Å²) in [5.74, 6) is -0.441. The van der Waals surface area contributed by atoms with Gasteiger partial charge in [-0.2, -0.15) is 0 Å². The summed E-state index contributed by atoms with van der Waals surface area (Å²) in [4.78, 5) is 12.1. The van der Waals surface area contributed by atoms with Crippen LogP contribution in [0.2, 0.25) is 0 Å². The van der Waals surface area contributed by atoms with Gasteiger partial charge in [0.2, 0.25) is 0 Å². The zero-order valence-corrected chi connectivity index (χ0v) is 11.2. The number of benzene rings is 1. The maximum absolute atomic E-state index is 13.5. The van der Waals surface area contributed by atoms with Gasteiger partial charge in [0.1, 0.15) is 0 Å². The normalized spacial score (nSPS) is 17.2. The Morgan fingerprint density at radius 3 is 2.74 bits per heavy atom. The largest absolute Gasteiger partial charge is 0.478 e. The fourth-order valence-corrected chi connectivity index (χ4v) is 2.38. The molecule has 0 bridgehead atoms. The van der Waals surface area contributed by atoms with Gasteiger partial charge in [0.15, 0.2) is 17.7 Å². The van der Waals surface area contributed by atoms with Gasteiger partial charge in [-0.3, -0.25) is 4.79 Å². The first-order valence-corrected chi connectivity index (χ1v) is 6.92. The third-order valence-corrected chi connectivity index (χ3v) is 3.47. The van der Waals surface area contributed by atoms with Crippen molar-refractivity contribution in [2.45, 2.75) is 51.2 Å². The Morgan fingerprint density at radius 1 is 1.42 bits per heavy atom. The van der Waals surface area contributed by atoms with Crippen LogP contribution in [0.15, 0.2) is 24.3 Å². The standard InChI is InChI=1S/C15H20FNO2/c1-2-13(15(18)17-11-7-3-4-8-11)19-14-10-6-5-9-12(14)16/h5-6,9-11,13H,2-4,7-8H2,1H3,(H,17,18)/t13-/m1/s1. The predicted molar refractivity (Wildman–Crippen MR) is 71.5 cm³/mol. The van der Waals surface area contributed by atoms with E-state index in [0.717, 1.165) is 25.7 Å². The number of amides is 1. The Labute approximate surface area is 113 Å². The SMILES string of the molecule is CC[C@@H](Oc1ccccc1F)C(=O)NC1CCCC1. The summed E-state index contributed by atoms with van der Waals surface area (Å²) in [6.07, 6.45) is 4.28. The maximum Gasteiger partial charge on any atom is 0.261 e. The monoisotopic (exact) mass is 265 g/mol. The van der Waals surface area contributed by atoms with Crippen LogP contribution in [-0.4, -0.2) is 18.1 Å². The molecule has 1 aromatic carbocycles. The highest BCUT2D eigenvalue weighted by molar-refractivity contribution is 5.81. The zero-order chi connectivity index (χ0) is 13.7. The van der Waals surface area contributed by atoms with Crippen LogP contribution in [0.5, 0.6) is 5.75 Å². The van der Waals surface area contributed by atoms with Crippen molar-refractivity contribution < 1.29 is 13.9 Å². The van der Waals surface area contributed by atoms with Gasteiger partial charge in [-0.15, -0.1) is 0 Å². The number of nitrogens with one attached hydrogen (secondary N) is 1. The molecule has 1 amide bonds. The minimum Gasteiger partial charge on any atom is -0.478 e. The van der Waals surface area contributed by atoms with Crippen LogP contribution in [0, 0.1) is 5.82 Å². The first-order chi connectivity index (χ1) is 9.20. The van der Waals surface area contributed by atoms with Gasteiger partial charge in [-0.25, -0.2) is 4.39 Å². The van der Waals surface area contributed by atoms with Crippen LogP contribution >= 0.6 is 0 Å². The van der Waals surface area contributed by atoms with E-state index in [0.29, 0.717) is 6.42 Å². The molecular formula is C15H20FNO2. The summed E-state index contributed by atoms with van der Waals surface area (Å²) >= 11 is 0. The molecule has 3 nitrogen and oxygen atoms in total. The topological polar surface area (TPSA) is 38.3 Å². The van der Waals surface area contributed by atoms with E-state index in [1.807, 2.05) is 6.92 Å². The summed E-state index contributed by atoms with van der Waals surface area (Å²) in [5.41, 5.74) is 0. The van der Waals surface area contributed by atoms with Gasteiger partial charge in [-0.05, 0) is 31.4 Å². The van der Waals surface area contributed by atoms with E-state index in [-0.39, 0.29) is 17.7 Å². The minimum atomic E-state index is -0.627. The summed E-state index contributed by atoms with van der Waals surface area (Å²) in [6.45, 7) is 1.86. The highest BCUT2D eigenvalue weighted by Gasteiger charge is 2.24. The molecule has 1 fully saturated rings. The van der Waals surface area contributed by atoms with Gasteiger partial charge >= 0.3 is 0 Å². The number of ether oxygens (including phenoxy) is 1. The number of halogens is 1. The number of carbonyl (C=O) groups excluding carboxylic acids is 1. The van der Waals surface area contributed by atoms with Gasteiger partial charge in [0.05, 0.1) is 0 Å². The van der Waals surface area contributed by atoms with Gasteiger partial charge in [0, 0.05) is 6.04 Å². The van der Waals surface area contributed by atoms with Crippen molar-refractivity contribution in [3.8, 4) is 5.75 Å². The van der Waals surface area contributed by atoms with Crippen molar-refractivity contribution in [1.82, 2.24) is 5.32 Å². The van der Waals surface area contributed by atoms with Crippen LogP contribution in [0.3, 0.4) is 0 Å². The second-order valence-electron chi connectivity index (χ2n) is 4.94. The van der Waals surface area contributed by atoms with E-state index in [9.17, 15) is 9.18 Å². The first-order valence-electron chi connectivity index (χ1n) is 6.92. The number of para-hydroxylation sites is 1. The van der Waals surface area contributed by atoms with E-state index >= 15 is 0 Å². The number of carbonyl (C=O) groups is 1. The Bertz CT molecular complexity index is 430. The Balaban J connectivity index is 1.95. The lowest BCUT2D eigenvalue weighted by Gasteiger charge is -2.20. The van der Waals surface area contributed by atoms with Crippen molar-refractivity contribution in [2.24, 2.45) is 0 Å². The summed E-state index contributed by atoms with van der Waals surface area (Å²) in [6, 6.07) is 6.42. The lowest BCUT2D eigenvalue weighted by molar-refractivity contribution is -0.128. The molecule has 0 radical (unpaired) electrons. The molecule has 1 saturated carbocycles. The molecule has 1 atom stereocenters. The van der Waals surface area contributed by atoms with Crippen LogP contribution < -0.4 is 10.1 Å². The molecular weight excluding hydrogens is 245 g/mol. The molecule has 0 unspecified atom stereocenters. The van der Waals surface area contributed by atoms with Crippen molar-refractivity contribution in [3.05, 3.63) is 30.1 Å². The summed E-state index contributed by atoms with van der Waals surface area (Å²) < 4.78 is 19.0. The van der Waals surface area contributed by atoms with E-state index in [4.69, 9.17) is 4.74 Å². The average Bonchev–Trinajstić information content (AvgIpc) is 2.90. The molecule has 104 valence electrons. The summed E-state index contributed by atoms with van der Waals surface area (Å²) in [7, 11) is 0. The quantitative estimate of drug-likeness (QED) is 0.888. The molecule has 19 heavy (non-hydrogen) atoms. The molecule has 4 heteroatoms. The van der Waals surface area contributed by atoms with Gasteiger partial charge in [0.25, 0.3) is 5.91 Å². The molecule has 1 aromatic rings. The Kier molecular flexibility index (Phi) is 4.77. The third kappa shape index (κ3) is 3.69. The van der Waals surface area contributed by atoms with Crippen LogP contribution in [-0.2, 0) is 4.79 Å². The Hall–Kier alpha value is -1.58. The number of hydrogen-bond acceptors (Lipinski definition) is 2. The van der Waals surface area contributed by atoms with Crippen LogP contribution in [0.1, 0.15) is 39.0 Å². The maximum atomic E-state index is 13.5. The molecule has 1 N–H and O–H groups in total. The lowest BCUT2D eigenvalue weighted by atomic mass is 10.2. The Morgan fingerprint density at radius 2 is 2.11 bits per heavy atom. The van der Waals surface area contributed by atoms with Crippen LogP contribution in [0.25, 0.3) is 0 Å². The average molecular weight is 265 g/mol. The van der Waals surface area contributed by atoms with Gasteiger partial charge in [-0.1, -0.05) is 31.9 Å². The highest BCUT2D eigenvalue weighted by atomic mass is 19.1. The molecule has 2 rings (SSSR count). The number of rotatable bonds is 5. The van der Waals surface area contributed by atoms with Crippen molar-refractivity contribution in [3.63, 3.8) is 0 Å². The fraction of sp³-hybridized carbons (Fsp3) is 0.533. The zero-order valence-electron chi connectivity index (χ0n) is 11.2. The summed E-state index contributed by atoms with van der Waals surface area (Å²) in [5, 5.41) is 2.98. The molecule has 0 aromatic heterocycles. The number of hydrogen-bond donors (Lipinski definition) is 1. The predicted octanol–water partition coefficient (Wildman–Crippen LogP) is 3.04. The van der Waals surface area contributed by atoms with E-state index in [1.165, 1.54) is 6.07 Å². The molecule has 0 saturated heterocycles. The smallest absolute Gasteiger partial charge is 0.261 e. The molecule has 1 aliphatic rings. The third-order valence-electron chi connectivity index (χ3n) is 3.47. The van der Waals surface area contributed by atoms with E-state index in [1.54, 1.807) is 18.2 Å². The molecule has 0 aliphatic heterocycles. The molecule has 1 aliphatic carbocycles. The first kappa shape index (κ1) is 13.8. The van der Waals surface area contributed by atoms with Crippen molar-refractivity contribution in [1.29, 1.82) is 0 Å². The van der Waals surface area contributed by atoms with Crippen molar-refractivity contribution in [2.75, 3.05) is 0 Å².